The highest BCUT2D eigenvalue weighted by molar-refractivity contribution is 7.85. The molecule has 7 nitrogen and oxygen atoms in total. The summed E-state index contributed by atoms with van der Waals surface area (Å²) in [5.74, 6) is 0.906. The molecule has 0 amide bonds. The normalized spacial score (nSPS) is 11.9. The fourth-order valence-corrected chi connectivity index (χ4v) is 3.21. The number of anilines is 1. The fourth-order valence-electron chi connectivity index (χ4n) is 2.71. The van der Waals surface area contributed by atoms with Crippen LogP contribution in [-0.2, 0) is 16.7 Å². The lowest BCUT2D eigenvalue weighted by Gasteiger charge is -1.99. The summed E-state index contributed by atoms with van der Waals surface area (Å²) >= 11 is 0. The fraction of sp³-hybridized carbons (Fsp3) is 0.211. The number of aromatic nitrogens is 1. The number of benzene rings is 2. The quantitative estimate of drug-likeness (QED) is 0.454. The number of rotatable bonds is 8. The largest absolute Gasteiger partial charge is 0.497 e. The molecule has 0 radical (unpaired) electrons. The van der Waals surface area contributed by atoms with Crippen LogP contribution in [0.3, 0.4) is 0 Å². The minimum atomic E-state index is -4.01. The smallest absolute Gasteiger partial charge is 0.375 e. The molecular weight excluding hydrogens is 368 g/mol. The Balaban J connectivity index is 1.88. The molecule has 0 saturated heterocycles. The van der Waals surface area contributed by atoms with Crippen molar-refractivity contribution in [1.82, 2.24) is 0 Å². The van der Waals surface area contributed by atoms with E-state index < -0.39 is 10.1 Å². The minimum absolute atomic E-state index is 0.252. The summed E-state index contributed by atoms with van der Waals surface area (Å²) in [6, 6.07) is 15.1. The lowest BCUT2D eigenvalue weighted by Crippen LogP contribution is -2.36. The van der Waals surface area contributed by atoms with Gasteiger partial charge in [0.2, 0.25) is 5.58 Å². The van der Waals surface area contributed by atoms with E-state index in [0.29, 0.717) is 23.8 Å². The van der Waals surface area contributed by atoms with E-state index in [4.69, 9.17) is 13.7 Å². The summed E-state index contributed by atoms with van der Waals surface area (Å²) in [6.07, 6.45) is 3.78. The number of aryl methyl sites for hydroxylation is 1. The Bertz CT molecular complexity index is 1040. The Hall–Kier alpha value is -2.84. The second-order valence-corrected chi connectivity index (χ2v) is 7.48. The molecule has 0 fully saturated rings. The van der Waals surface area contributed by atoms with Gasteiger partial charge in [-0.25, -0.2) is 0 Å². The highest BCUT2D eigenvalue weighted by atomic mass is 32.2. The van der Waals surface area contributed by atoms with Crippen molar-refractivity contribution in [3.63, 3.8) is 0 Å². The van der Waals surface area contributed by atoms with E-state index >= 15 is 0 Å². The highest BCUT2D eigenvalue weighted by Gasteiger charge is 2.22. The van der Waals surface area contributed by atoms with Gasteiger partial charge in [-0.15, -0.1) is 0 Å². The predicted octanol–water partition coefficient (Wildman–Crippen LogP) is 3.09. The molecule has 8 heteroatoms. The van der Waals surface area contributed by atoms with Crippen LogP contribution >= 0.6 is 0 Å². The van der Waals surface area contributed by atoms with Gasteiger partial charge in [0, 0.05) is 18.3 Å². The minimum Gasteiger partial charge on any atom is -0.497 e. The van der Waals surface area contributed by atoms with Crippen LogP contribution in [0.1, 0.15) is 12.3 Å². The topological polar surface area (TPSA) is 92.7 Å². The number of hydrogen-bond donors (Lipinski definition) is 2. The Morgan fingerprint density at radius 2 is 2.00 bits per heavy atom. The van der Waals surface area contributed by atoms with Crippen LogP contribution in [0.15, 0.2) is 59.1 Å². The van der Waals surface area contributed by atoms with Gasteiger partial charge in [-0.1, -0.05) is 18.2 Å². The Morgan fingerprint density at radius 1 is 1.22 bits per heavy atom. The molecule has 0 bridgehead atoms. The van der Waals surface area contributed by atoms with Crippen molar-refractivity contribution in [2.45, 2.75) is 13.0 Å². The molecule has 0 saturated carbocycles. The lowest BCUT2D eigenvalue weighted by atomic mass is 10.3. The number of nitrogens with zero attached hydrogens (tertiary/aromatic N) is 1. The summed E-state index contributed by atoms with van der Waals surface area (Å²) in [5, 5.41) is 3.15. The van der Waals surface area contributed by atoms with Crippen LogP contribution in [0.5, 0.6) is 5.75 Å². The SMILES string of the molecule is COc1ccc2oc(/C=C/Nc3ccccc3)[n+](CCCS(=O)(=O)O)c2c1. The molecule has 1 aromatic heterocycles. The van der Waals surface area contributed by atoms with Crippen LogP contribution < -0.4 is 14.6 Å². The van der Waals surface area contributed by atoms with Gasteiger partial charge in [-0.3, -0.25) is 4.55 Å². The Kier molecular flexibility index (Phi) is 5.78. The predicted molar refractivity (Wildman–Crippen MR) is 103 cm³/mol. The molecule has 142 valence electrons. The first-order valence-electron chi connectivity index (χ1n) is 8.40. The zero-order valence-corrected chi connectivity index (χ0v) is 15.6. The molecule has 0 spiro atoms. The molecule has 0 aliphatic carbocycles. The highest BCUT2D eigenvalue weighted by Crippen LogP contribution is 2.21. The molecule has 3 rings (SSSR count). The van der Waals surface area contributed by atoms with Crippen LogP contribution in [0.2, 0.25) is 0 Å². The van der Waals surface area contributed by atoms with Crippen LogP contribution in [0.25, 0.3) is 17.2 Å². The Labute approximate surface area is 157 Å². The van der Waals surface area contributed by atoms with E-state index in [2.05, 4.69) is 5.32 Å². The van der Waals surface area contributed by atoms with Gasteiger partial charge in [-0.05, 0) is 24.3 Å². The number of fused-ring (bicyclic) bond motifs is 1. The third-order valence-electron chi connectivity index (χ3n) is 3.97. The molecule has 2 aromatic carbocycles. The van der Waals surface area contributed by atoms with Crippen LogP contribution in [0, 0.1) is 0 Å². The second kappa shape index (κ2) is 8.24. The average Bonchev–Trinajstić information content (AvgIpc) is 2.98. The zero-order valence-electron chi connectivity index (χ0n) is 14.8. The monoisotopic (exact) mass is 389 g/mol. The number of para-hydroxylation sites is 1. The summed E-state index contributed by atoms with van der Waals surface area (Å²) in [4.78, 5) is 0. The molecule has 3 aromatic rings. The summed E-state index contributed by atoms with van der Waals surface area (Å²) in [7, 11) is -2.43. The van der Waals surface area contributed by atoms with Crippen molar-refractivity contribution in [3.8, 4) is 5.75 Å². The first-order valence-corrected chi connectivity index (χ1v) is 10.0. The summed E-state index contributed by atoms with van der Waals surface area (Å²) in [5.41, 5.74) is 2.37. The van der Waals surface area contributed by atoms with Gasteiger partial charge in [0.25, 0.3) is 15.6 Å². The van der Waals surface area contributed by atoms with E-state index in [1.807, 2.05) is 41.0 Å². The molecule has 27 heavy (non-hydrogen) atoms. The van der Waals surface area contributed by atoms with E-state index in [1.54, 1.807) is 31.5 Å². The van der Waals surface area contributed by atoms with Crippen molar-refractivity contribution in [2.24, 2.45) is 0 Å². The molecular formula is C19H21N2O5S+. The van der Waals surface area contributed by atoms with Crippen molar-refractivity contribution in [1.29, 1.82) is 0 Å². The maximum absolute atomic E-state index is 11.0. The van der Waals surface area contributed by atoms with Gasteiger partial charge in [0.05, 0.1) is 25.0 Å². The molecule has 0 aliphatic heterocycles. The van der Waals surface area contributed by atoms with Gasteiger partial charge in [0.15, 0.2) is 6.54 Å². The van der Waals surface area contributed by atoms with Crippen molar-refractivity contribution in [3.05, 3.63) is 60.6 Å². The zero-order chi connectivity index (χ0) is 19.3. The molecule has 0 atom stereocenters. The van der Waals surface area contributed by atoms with E-state index in [0.717, 1.165) is 11.2 Å². The van der Waals surface area contributed by atoms with Crippen molar-refractivity contribution >= 4 is 33.0 Å². The molecule has 1 heterocycles. The third-order valence-corrected chi connectivity index (χ3v) is 4.78. The lowest BCUT2D eigenvalue weighted by molar-refractivity contribution is -0.677. The molecule has 0 unspecified atom stereocenters. The van der Waals surface area contributed by atoms with E-state index in [-0.39, 0.29) is 12.2 Å². The third kappa shape index (κ3) is 5.08. The standard InChI is InChI=1S/C19H20N2O5S/c1-25-16-8-9-18-17(14-16)21(12-5-13-27(22,23)24)19(26-18)10-11-20-15-6-3-2-4-7-15/h2-4,6-11,14H,5,12-13H2,1H3,(H,22,23,24)/p+1. The number of oxazole rings is 1. The summed E-state index contributed by atoms with van der Waals surface area (Å²) in [6.45, 7) is 0.366. The van der Waals surface area contributed by atoms with Gasteiger partial charge < -0.3 is 14.5 Å². The van der Waals surface area contributed by atoms with E-state index in [9.17, 15) is 8.42 Å². The van der Waals surface area contributed by atoms with Gasteiger partial charge >= 0.3 is 5.89 Å². The number of hydrogen-bond acceptors (Lipinski definition) is 5. The number of nitrogens with one attached hydrogen (secondary N) is 1. The second-order valence-electron chi connectivity index (χ2n) is 5.91. The maximum Gasteiger partial charge on any atom is 0.375 e. The first kappa shape index (κ1) is 18.9. The van der Waals surface area contributed by atoms with Crippen molar-refractivity contribution in [2.75, 3.05) is 18.2 Å². The van der Waals surface area contributed by atoms with Crippen LogP contribution in [-0.4, -0.2) is 25.8 Å². The first-order chi connectivity index (χ1) is 13.0. The van der Waals surface area contributed by atoms with Crippen LogP contribution in [0.4, 0.5) is 5.69 Å². The molecule has 2 N–H and O–H groups in total. The average molecular weight is 389 g/mol. The molecule has 0 aliphatic rings. The maximum atomic E-state index is 11.0. The summed E-state index contributed by atoms with van der Waals surface area (Å²) < 4.78 is 44.0. The number of methoxy groups -OCH3 is 1. The van der Waals surface area contributed by atoms with E-state index in [1.165, 1.54) is 0 Å². The number of ether oxygens (including phenoxy) is 1. The van der Waals surface area contributed by atoms with Crippen molar-refractivity contribution < 1.29 is 26.7 Å². The van der Waals surface area contributed by atoms with Gasteiger partial charge in [-0.2, -0.15) is 13.0 Å². The Morgan fingerprint density at radius 3 is 2.70 bits per heavy atom. The van der Waals surface area contributed by atoms with Gasteiger partial charge in [0.1, 0.15) is 5.75 Å².